The Balaban J connectivity index is 1.37. The summed E-state index contributed by atoms with van der Waals surface area (Å²) < 4.78 is 33.7. The first kappa shape index (κ1) is 19.4. The lowest BCUT2D eigenvalue weighted by Crippen LogP contribution is -2.48. The van der Waals surface area contributed by atoms with Crippen LogP contribution in [0, 0.1) is 0 Å². The molecule has 0 aliphatic carbocycles. The van der Waals surface area contributed by atoms with Gasteiger partial charge in [-0.1, -0.05) is 18.2 Å². The van der Waals surface area contributed by atoms with Crippen LogP contribution in [0.15, 0.2) is 64.4 Å². The molecular weight excluding hydrogens is 394 g/mol. The highest BCUT2D eigenvalue weighted by atomic mass is 32.2. The molecule has 152 valence electrons. The van der Waals surface area contributed by atoms with Crippen molar-refractivity contribution >= 4 is 15.9 Å². The number of piperazine rings is 1. The molecule has 1 aliphatic heterocycles. The summed E-state index contributed by atoms with van der Waals surface area (Å²) >= 11 is 0. The Labute approximate surface area is 168 Å². The topological polar surface area (TPSA) is 115 Å². The number of hydrogen-bond acceptors (Lipinski definition) is 6. The lowest BCUT2D eigenvalue weighted by Gasteiger charge is -2.33. The van der Waals surface area contributed by atoms with E-state index < -0.39 is 15.9 Å². The Morgan fingerprint density at radius 1 is 1.07 bits per heavy atom. The molecular formula is C19H21N5O4S. The van der Waals surface area contributed by atoms with Crippen LogP contribution in [0.4, 0.5) is 0 Å². The van der Waals surface area contributed by atoms with Gasteiger partial charge in [-0.2, -0.15) is 9.40 Å². The SMILES string of the molecule is NC(=O)c1ccc(S(=O)(=O)N2CCN(Cc3cnn(-c4ccccc4)c3)CC2)o1. The molecule has 0 bridgehead atoms. The maximum atomic E-state index is 12.7. The largest absolute Gasteiger partial charge is 0.438 e. The van der Waals surface area contributed by atoms with Gasteiger partial charge in [-0.05, 0) is 24.3 Å². The predicted octanol–water partition coefficient (Wildman–Crippen LogP) is 1.07. The van der Waals surface area contributed by atoms with E-state index in [4.69, 9.17) is 10.2 Å². The van der Waals surface area contributed by atoms with Gasteiger partial charge >= 0.3 is 0 Å². The zero-order valence-electron chi connectivity index (χ0n) is 15.6. The molecule has 29 heavy (non-hydrogen) atoms. The molecule has 1 saturated heterocycles. The molecule has 10 heteroatoms. The summed E-state index contributed by atoms with van der Waals surface area (Å²) in [5.74, 6) is -0.968. The van der Waals surface area contributed by atoms with Crippen LogP contribution in [-0.4, -0.2) is 59.5 Å². The third kappa shape index (κ3) is 4.09. The summed E-state index contributed by atoms with van der Waals surface area (Å²) in [5, 5.41) is 4.14. The van der Waals surface area contributed by atoms with Gasteiger partial charge in [-0.3, -0.25) is 9.69 Å². The Morgan fingerprint density at radius 3 is 2.45 bits per heavy atom. The summed E-state index contributed by atoms with van der Waals surface area (Å²) in [6, 6.07) is 12.4. The van der Waals surface area contributed by atoms with Gasteiger partial charge in [-0.25, -0.2) is 13.1 Å². The lowest BCUT2D eigenvalue weighted by molar-refractivity contribution is 0.0968. The number of primary amides is 1. The van der Waals surface area contributed by atoms with Crippen LogP contribution >= 0.6 is 0 Å². The minimum atomic E-state index is -3.79. The van der Waals surface area contributed by atoms with Crippen LogP contribution in [-0.2, 0) is 16.6 Å². The number of carbonyl (C=O) groups excluding carboxylic acids is 1. The number of nitrogens with two attached hydrogens (primary N) is 1. The Morgan fingerprint density at radius 2 is 1.79 bits per heavy atom. The average molecular weight is 415 g/mol. The molecule has 3 aromatic rings. The van der Waals surface area contributed by atoms with Crippen molar-refractivity contribution in [2.24, 2.45) is 5.73 Å². The van der Waals surface area contributed by atoms with Crippen LogP contribution < -0.4 is 5.73 Å². The van der Waals surface area contributed by atoms with Crippen LogP contribution in [0.2, 0.25) is 0 Å². The molecule has 0 radical (unpaired) electrons. The third-order valence-corrected chi connectivity index (χ3v) is 6.59. The van der Waals surface area contributed by atoms with Gasteiger partial charge in [0.25, 0.3) is 15.9 Å². The van der Waals surface area contributed by atoms with Gasteiger partial charge in [0.2, 0.25) is 5.09 Å². The normalized spacial score (nSPS) is 16.1. The summed E-state index contributed by atoms with van der Waals surface area (Å²) in [6.45, 7) is 2.52. The Hall–Kier alpha value is -2.95. The fourth-order valence-electron chi connectivity index (χ4n) is 3.27. The van der Waals surface area contributed by atoms with Gasteiger partial charge in [0, 0.05) is 44.5 Å². The van der Waals surface area contributed by atoms with Crippen molar-refractivity contribution in [2.45, 2.75) is 11.6 Å². The monoisotopic (exact) mass is 415 g/mol. The molecule has 0 saturated carbocycles. The molecule has 9 nitrogen and oxygen atoms in total. The van der Waals surface area contributed by atoms with E-state index in [2.05, 4.69) is 10.00 Å². The Kier molecular flexibility index (Phi) is 5.22. The van der Waals surface area contributed by atoms with Crippen LogP contribution in [0.3, 0.4) is 0 Å². The highest BCUT2D eigenvalue weighted by molar-refractivity contribution is 7.89. The van der Waals surface area contributed by atoms with E-state index in [1.807, 2.05) is 47.4 Å². The molecule has 1 aromatic carbocycles. The highest BCUT2D eigenvalue weighted by Crippen LogP contribution is 2.21. The van der Waals surface area contributed by atoms with Crippen LogP contribution in [0.5, 0.6) is 0 Å². The maximum absolute atomic E-state index is 12.7. The number of para-hydroxylation sites is 1. The van der Waals surface area contributed by atoms with E-state index in [1.165, 1.54) is 16.4 Å². The van der Waals surface area contributed by atoms with E-state index in [-0.39, 0.29) is 10.9 Å². The highest BCUT2D eigenvalue weighted by Gasteiger charge is 2.31. The van der Waals surface area contributed by atoms with Crippen LogP contribution in [0.25, 0.3) is 5.69 Å². The molecule has 0 spiro atoms. The second kappa shape index (κ2) is 7.82. The molecule has 2 aromatic heterocycles. The number of hydrogen-bond donors (Lipinski definition) is 1. The second-order valence-corrected chi connectivity index (χ2v) is 8.66. The molecule has 3 heterocycles. The van der Waals surface area contributed by atoms with Gasteiger partial charge in [-0.15, -0.1) is 0 Å². The minimum Gasteiger partial charge on any atom is -0.438 e. The first-order valence-electron chi connectivity index (χ1n) is 9.14. The van der Waals surface area contributed by atoms with Gasteiger partial charge < -0.3 is 10.2 Å². The van der Waals surface area contributed by atoms with Crippen molar-refractivity contribution in [1.82, 2.24) is 19.0 Å². The van der Waals surface area contributed by atoms with Gasteiger partial charge in [0.1, 0.15) is 0 Å². The van der Waals surface area contributed by atoms with E-state index >= 15 is 0 Å². The molecule has 0 atom stereocenters. The van der Waals surface area contributed by atoms with E-state index in [9.17, 15) is 13.2 Å². The van der Waals surface area contributed by atoms with E-state index in [0.717, 1.165) is 11.3 Å². The molecule has 1 aliphatic rings. The number of furan rings is 1. The fraction of sp³-hybridized carbons (Fsp3) is 0.263. The van der Waals surface area contributed by atoms with Gasteiger partial charge in [0.05, 0.1) is 11.9 Å². The smallest absolute Gasteiger partial charge is 0.284 e. The van der Waals surface area contributed by atoms with Crippen molar-refractivity contribution in [3.8, 4) is 5.69 Å². The number of carbonyl (C=O) groups is 1. The molecule has 2 N–H and O–H groups in total. The van der Waals surface area contributed by atoms with Crippen molar-refractivity contribution in [3.63, 3.8) is 0 Å². The number of rotatable bonds is 6. The summed E-state index contributed by atoms with van der Waals surface area (Å²) in [4.78, 5) is 13.3. The standard InChI is InChI=1S/C19H21N5O4S/c20-19(25)17-6-7-18(28-17)29(26,27)23-10-8-22(9-11-23)13-15-12-21-24(14-15)16-4-2-1-3-5-16/h1-7,12,14H,8-11,13H2,(H2,20,25). The zero-order chi connectivity index (χ0) is 20.4. The lowest BCUT2D eigenvalue weighted by atomic mass is 10.3. The summed E-state index contributed by atoms with van der Waals surface area (Å²) in [6.07, 6.45) is 3.80. The van der Waals surface area contributed by atoms with Crippen LogP contribution in [0.1, 0.15) is 16.1 Å². The van der Waals surface area contributed by atoms with Gasteiger partial charge in [0.15, 0.2) is 5.76 Å². The average Bonchev–Trinajstić information content (AvgIpc) is 3.39. The summed E-state index contributed by atoms with van der Waals surface area (Å²) in [7, 11) is -3.79. The quantitative estimate of drug-likeness (QED) is 0.644. The molecule has 1 amide bonds. The maximum Gasteiger partial charge on any atom is 0.284 e. The fourth-order valence-corrected chi connectivity index (χ4v) is 4.60. The first-order chi connectivity index (χ1) is 13.9. The third-order valence-electron chi connectivity index (χ3n) is 4.81. The molecule has 1 fully saturated rings. The number of benzene rings is 1. The molecule has 4 rings (SSSR count). The second-order valence-electron chi connectivity index (χ2n) is 6.79. The number of amides is 1. The Bertz CT molecular complexity index is 1100. The predicted molar refractivity (Wildman–Crippen MR) is 105 cm³/mol. The van der Waals surface area contributed by atoms with Crippen molar-refractivity contribution in [3.05, 3.63) is 66.2 Å². The first-order valence-corrected chi connectivity index (χ1v) is 10.6. The number of nitrogens with zero attached hydrogens (tertiary/aromatic N) is 4. The van der Waals surface area contributed by atoms with E-state index in [1.54, 1.807) is 0 Å². The van der Waals surface area contributed by atoms with Crippen molar-refractivity contribution < 1.29 is 17.6 Å². The van der Waals surface area contributed by atoms with Crippen molar-refractivity contribution in [2.75, 3.05) is 26.2 Å². The van der Waals surface area contributed by atoms with E-state index in [0.29, 0.717) is 32.7 Å². The van der Waals surface area contributed by atoms with Crippen molar-refractivity contribution in [1.29, 1.82) is 0 Å². The summed E-state index contributed by atoms with van der Waals surface area (Å²) in [5.41, 5.74) is 7.17. The number of sulfonamides is 1. The minimum absolute atomic E-state index is 0.169. The molecule has 0 unspecified atom stereocenters. The number of aromatic nitrogens is 2. The zero-order valence-corrected chi connectivity index (χ0v) is 16.5.